The second kappa shape index (κ2) is 11.9. The van der Waals surface area contributed by atoms with Crippen molar-refractivity contribution in [1.29, 1.82) is 0 Å². The third kappa shape index (κ3) is 5.41. The van der Waals surface area contributed by atoms with Crippen molar-refractivity contribution in [3.63, 3.8) is 0 Å². The van der Waals surface area contributed by atoms with Crippen LogP contribution >= 0.6 is 0 Å². The van der Waals surface area contributed by atoms with E-state index in [0.29, 0.717) is 41.9 Å². The Balaban J connectivity index is 1.36. The number of hydrogen-bond donors (Lipinski definition) is 4. The molecule has 5 heterocycles. The van der Waals surface area contributed by atoms with Gasteiger partial charge in [0.15, 0.2) is 29.3 Å². The van der Waals surface area contributed by atoms with Crippen LogP contribution in [0.4, 0.5) is 11.8 Å². The molecule has 0 spiro atoms. The molecule has 0 aliphatic carbocycles. The summed E-state index contributed by atoms with van der Waals surface area (Å²) in [5.41, 5.74) is 1.95. The van der Waals surface area contributed by atoms with E-state index in [2.05, 4.69) is 49.6 Å². The van der Waals surface area contributed by atoms with Gasteiger partial charge in [0.2, 0.25) is 11.8 Å². The van der Waals surface area contributed by atoms with E-state index in [1.54, 1.807) is 4.57 Å². The lowest BCUT2D eigenvalue weighted by molar-refractivity contribution is -0.0384. The van der Waals surface area contributed by atoms with E-state index in [1.807, 2.05) is 37.3 Å². The summed E-state index contributed by atoms with van der Waals surface area (Å²) >= 11 is 0. The van der Waals surface area contributed by atoms with Gasteiger partial charge in [-0.05, 0) is 44.6 Å². The highest BCUT2D eigenvalue weighted by Crippen LogP contribution is 2.39. The molecule has 15 nitrogen and oxygen atoms in total. The molecule has 1 aromatic carbocycles. The molecule has 6 rings (SSSR count). The number of ether oxygens (including phenoxy) is 1. The molecule has 2 saturated heterocycles. The monoisotopic (exact) mass is 579 g/mol. The minimum atomic E-state index is -1.30. The van der Waals surface area contributed by atoms with Crippen LogP contribution in [0.15, 0.2) is 36.7 Å². The second-order valence-corrected chi connectivity index (χ2v) is 11.0. The Morgan fingerprint density at radius 1 is 1.14 bits per heavy atom. The van der Waals surface area contributed by atoms with Gasteiger partial charge in [0.05, 0.1) is 25.5 Å². The molecule has 2 aliphatic rings. The summed E-state index contributed by atoms with van der Waals surface area (Å²) in [6.45, 7) is 3.79. The van der Waals surface area contributed by atoms with Crippen LogP contribution < -0.4 is 10.2 Å². The smallest absolute Gasteiger partial charge is 0.229 e. The maximum atomic E-state index is 11.1. The summed E-state index contributed by atoms with van der Waals surface area (Å²) in [5.74, 6) is 1.16. The lowest BCUT2D eigenvalue weighted by Gasteiger charge is -2.23. The van der Waals surface area contributed by atoms with Gasteiger partial charge in [-0.3, -0.25) is 4.57 Å². The highest BCUT2D eigenvalue weighted by Gasteiger charge is 2.47. The molecule has 0 unspecified atom stereocenters. The summed E-state index contributed by atoms with van der Waals surface area (Å²) in [7, 11) is 4.12. The number of tetrazole rings is 1. The number of anilines is 2. The van der Waals surface area contributed by atoms with Crippen LogP contribution in [-0.2, 0) is 17.7 Å². The highest BCUT2D eigenvalue weighted by atomic mass is 16.6. The van der Waals surface area contributed by atoms with E-state index in [1.165, 1.54) is 11.1 Å². The van der Waals surface area contributed by atoms with Gasteiger partial charge in [0, 0.05) is 19.1 Å². The van der Waals surface area contributed by atoms with Crippen molar-refractivity contribution in [2.75, 3.05) is 44.0 Å². The summed E-state index contributed by atoms with van der Waals surface area (Å²) in [4.78, 5) is 20.0. The number of likely N-dealkylation sites (N-methyl/N-ethyl adjacent to an activating group) is 1. The molecule has 4 N–H and O–H groups in total. The molecule has 15 heteroatoms. The molecule has 3 aromatic heterocycles. The number of fused-ring (bicyclic) bond motifs is 1. The van der Waals surface area contributed by atoms with Crippen molar-refractivity contribution in [3.05, 3.63) is 48.0 Å². The number of aromatic nitrogens is 8. The van der Waals surface area contributed by atoms with Gasteiger partial charge >= 0.3 is 0 Å². The van der Waals surface area contributed by atoms with E-state index >= 15 is 0 Å². The second-order valence-electron chi connectivity index (χ2n) is 11.0. The lowest BCUT2D eigenvalue weighted by atomic mass is 10.1. The zero-order valence-electron chi connectivity index (χ0n) is 23.9. The number of nitrogens with zero attached hydrogens (tertiary/aromatic N) is 10. The first-order valence-corrected chi connectivity index (χ1v) is 14.2. The first-order chi connectivity index (χ1) is 20.4. The Kier molecular flexibility index (Phi) is 8.00. The molecular weight excluding hydrogens is 542 g/mol. The Hall–Kier alpha value is -3.76. The SMILES string of the molecule is CCn1nnc([C@H]2O[C@@H](n3cnc4c(N[C@H](CO)Cc5ccccc5)nc(N5CC[C@H](N(C)C)C5)nc43)[C@H](O)[C@@H]2O)n1. The average molecular weight is 580 g/mol. The van der Waals surface area contributed by atoms with E-state index in [9.17, 15) is 15.3 Å². The number of benzene rings is 1. The number of rotatable bonds is 10. The first kappa shape index (κ1) is 28.4. The van der Waals surface area contributed by atoms with Crippen LogP contribution in [0.3, 0.4) is 0 Å². The van der Waals surface area contributed by atoms with Crippen LogP contribution in [-0.4, -0.2) is 118 Å². The van der Waals surface area contributed by atoms with Gasteiger partial charge in [-0.1, -0.05) is 30.3 Å². The van der Waals surface area contributed by atoms with Crippen molar-refractivity contribution in [3.8, 4) is 0 Å². The maximum Gasteiger partial charge on any atom is 0.229 e. The average Bonchev–Trinajstić information content (AvgIpc) is 3.80. The third-order valence-electron chi connectivity index (χ3n) is 7.99. The number of hydrogen-bond acceptors (Lipinski definition) is 13. The molecule has 2 aliphatic heterocycles. The van der Waals surface area contributed by atoms with E-state index < -0.39 is 24.5 Å². The predicted molar refractivity (Wildman–Crippen MR) is 153 cm³/mol. The molecule has 0 saturated carbocycles. The van der Waals surface area contributed by atoms with Crippen molar-refractivity contribution in [2.24, 2.45) is 0 Å². The van der Waals surface area contributed by atoms with Gasteiger partial charge < -0.3 is 35.2 Å². The van der Waals surface area contributed by atoms with Crippen molar-refractivity contribution >= 4 is 22.9 Å². The maximum absolute atomic E-state index is 11.1. The molecular formula is C27H37N11O4. The van der Waals surface area contributed by atoms with Gasteiger partial charge in [0.25, 0.3) is 0 Å². The van der Waals surface area contributed by atoms with Gasteiger partial charge in [-0.15, -0.1) is 10.2 Å². The zero-order valence-corrected chi connectivity index (χ0v) is 23.9. The Morgan fingerprint density at radius 3 is 2.64 bits per heavy atom. The Labute approximate surface area is 242 Å². The molecule has 0 radical (unpaired) electrons. The summed E-state index contributed by atoms with van der Waals surface area (Å²) < 4.78 is 7.73. The summed E-state index contributed by atoms with van der Waals surface area (Å²) in [6, 6.07) is 9.94. The molecule has 2 fully saturated rings. The first-order valence-electron chi connectivity index (χ1n) is 14.2. The quantitative estimate of drug-likeness (QED) is 0.197. The van der Waals surface area contributed by atoms with E-state index in [-0.39, 0.29) is 18.5 Å². The summed E-state index contributed by atoms with van der Waals surface area (Å²) in [5, 5.41) is 47.8. The normalized spacial score (nSPS) is 25.1. The van der Waals surface area contributed by atoms with Crippen molar-refractivity contribution in [2.45, 2.75) is 62.9 Å². The fourth-order valence-corrected chi connectivity index (χ4v) is 5.54. The fourth-order valence-electron chi connectivity index (χ4n) is 5.54. The molecule has 6 atom stereocenters. The van der Waals surface area contributed by atoms with Gasteiger partial charge in [-0.25, -0.2) is 4.98 Å². The highest BCUT2D eigenvalue weighted by molar-refractivity contribution is 5.84. The van der Waals surface area contributed by atoms with E-state index in [4.69, 9.17) is 14.7 Å². The number of aryl methyl sites for hydroxylation is 1. The van der Waals surface area contributed by atoms with Crippen LogP contribution in [0.5, 0.6) is 0 Å². The van der Waals surface area contributed by atoms with Crippen LogP contribution in [0, 0.1) is 0 Å². The molecule has 4 aromatic rings. The van der Waals surface area contributed by atoms with Crippen molar-refractivity contribution in [1.82, 2.24) is 44.6 Å². The number of aliphatic hydroxyl groups is 3. The summed E-state index contributed by atoms with van der Waals surface area (Å²) in [6.07, 6.45) is -1.52. The van der Waals surface area contributed by atoms with Crippen LogP contribution in [0.1, 0.15) is 37.1 Å². The molecule has 0 amide bonds. The molecule has 0 bridgehead atoms. The van der Waals surface area contributed by atoms with Gasteiger partial charge in [-0.2, -0.15) is 14.8 Å². The van der Waals surface area contributed by atoms with E-state index in [0.717, 1.165) is 25.1 Å². The fraction of sp³-hybridized carbons (Fsp3) is 0.556. The number of nitrogens with one attached hydrogen (secondary N) is 1. The zero-order chi connectivity index (χ0) is 29.4. The van der Waals surface area contributed by atoms with Crippen LogP contribution in [0.2, 0.25) is 0 Å². The third-order valence-corrected chi connectivity index (χ3v) is 7.99. The topological polar surface area (TPSA) is 176 Å². The standard InChI is InChI=1S/C27H37N11O4/c1-4-38-33-24(32-34-38)22-20(40)21(41)26(42-22)37-15-28-19-23(29-17(14-39)12-16-8-6-5-7-9-16)30-27(31-25(19)37)36-11-10-18(13-36)35(2)3/h5-9,15,17-18,20-22,26,39-41H,4,10-14H2,1-3H3,(H,29,30,31)/t17-,18-,20-,21+,22-,26+/m0/s1. The number of imidazole rings is 1. The van der Waals surface area contributed by atoms with Crippen molar-refractivity contribution < 1.29 is 20.1 Å². The molecule has 42 heavy (non-hydrogen) atoms. The number of aliphatic hydroxyl groups excluding tert-OH is 3. The predicted octanol–water partition coefficient (Wildman–Crippen LogP) is -0.0196. The Morgan fingerprint density at radius 2 is 1.95 bits per heavy atom. The minimum Gasteiger partial charge on any atom is -0.394 e. The van der Waals surface area contributed by atoms with Crippen LogP contribution in [0.25, 0.3) is 11.2 Å². The minimum absolute atomic E-state index is 0.118. The Bertz CT molecular complexity index is 1500. The lowest BCUT2D eigenvalue weighted by Crippen LogP contribution is -2.32. The largest absolute Gasteiger partial charge is 0.394 e. The van der Waals surface area contributed by atoms with Gasteiger partial charge in [0.1, 0.15) is 12.2 Å². The molecule has 224 valence electrons.